The molecule has 10 heteroatoms. The Morgan fingerprint density at radius 1 is 0.396 bits per heavy atom. The highest BCUT2D eigenvalue weighted by Crippen LogP contribution is 2.30. The van der Waals surface area contributed by atoms with Crippen LogP contribution in [-0.2, 0) is 26.2 Å². The summed E-state index contributed by atoms with van der Waals surface area (Å²) in [5.41, 5.74) is 12.2. The largest absolute Gasteiger partial charge is 0.496 e. The van der Waals surface area contributed by atoms with Crippen molar-refractivity contribution in [1.82, 2.24) is 29.7 Å². The Morgan fingerprint density at radius 2 is 0.604 bits per heavy atom. The number of methoxy groups -OCH3 is 4. The Labute approximate surface area is 286 Å². The van der Waals surface area contributed by atoms with Gasteiger partial charge in [-0.15, -0.1) is 0 Å². The van der Waals surface area contributed by atoms with Crippen LogP contribution in [0.5, 0.6) is 23.0 Å². The van der Waals surface area contributed by atoms with Gasteiger partial charge in [-0.1, -0.05) is 0 Å². The normalized spacial score (nSPS) is 11.4. The van der Waals surface area contributed by atoms with Crippen LogP contribution < -0.4 is 18.9 Å². The summed E-state index contributed by atoms with van der Waals surface area (Å²) in [5, 5.41) is 0. The van der Waals surface area contributed by atoms with E-state index in [-0.39, 0.29) is 0 Å². The lowest BCUT2D eigenvalue weighted by molar-refractivity contribution is 0.176. The molecular formula is C38H52N6O4. The second-order valence-corrected chi connectivity index (χ2v) is 12.6. The summed E-state index contributed by atoms with van der Waals surface area (Å²) in [6, 6.07) is 0. The molecule has 4 aromatic rings. The fourth-order valence-electron chi connectivity index (χ4n) is 6.48. The minimum Gasteiger partial charge on any atom is -0.496 e. The van der Waals surface area contributed by atoms with Crippen molar-refractivity contribution in [3.8, 4) is 23.0 Å². The number of pyridine rings is 4. The minimum atomic E-state index is 0.624. The van der Waals surface area contributed by atoms with E-state index in [0.29, 0.717) is 26.2 Å². The van der Waals surface area contributed by atoms with Gasteiger partial charge in [-0.3, -0.25) is 29.7 Å². The molecule has 0 N–H and O–H groups in total. The maximum absolute atomic E-state index is 5.76. The quantitative estimate of drug-likeness (QED) is 0.142. The van der Waals surface area contributed by atoms with Gasteiger partial charge in [-0.05, 0) is 55.4 Å². The van der Waals surface area contributed by atoms with Gasteiger partial charge in [-0.2, -0.15) is 0 Å². The predicted molar refractivity (Wildman–Crippen MR) is 189 cm³/mol. The maximum Gasteiger partial charge on any atom is 0.128 e. The zero-order valence-corrected chi connectivity index (χ0v) is 30.9. The van der Waals surface area contributed by atoms with Crippen LogP contribution in [0.25, 0.3) is 0 Å². The Morgan fingerprint density at radius 3 is 0.792 bits per heavy atom. The van der Waals surface area contributed by atoms with Crippen molar-refractivity contribution in [2.24, 2.45) is 0 Å². The van der Waals surface area contributed by atoms with Crippen molar-refractivity contribution in [1.29, 1.82) is 0 Å². The molecule has 0 aliphatic heterocycles. The van der Waals surface area contributed by atoms with Crippen LogP contribution >= 0.6 is 0 Å². The predicted octanol–water partition coefficient (Wildman–Crippen LogP) is 6.47. The van der Waals surface area contributed by atoms with Crippen LogP contribution in [0, 0.1) is 55.4 Å². The topological polar surface area (TPSA) is 95.0 Å². The van der Waals surface area contributed by atoms with Gasteiger partial charge in [-0.25, -0.2) is 0 Å². The molecule has 0 unspecified atom stereocenters. The number of aromatic nitrogens is 4. The van der Waals surface area contributed by atoms with Gasteiger partial charge in [0.15, 0.2) is 0 Å². The van der Waals surface area contributed by atoms with E-state index in [1.54, 1.807) is 28.4 Å². The molecule has 0 atom stereocenters. The van der Waals surface area contributed by atoms with Crippen LogP contribution in [0.3, 0.4) is 0 Å². The van der Waals surface area contributed by atoms with Gasteiger partial charge in [0.2, 0.25) is 0 Å². The van der Waals surface area contributed by atoms with E-state index < -0.39 is 0 Å². The van der Waals surface area contributed by atoms with Crippen molar-refractivity contribution in [2.75, 3.05) is 41.5 Å². The Kier molecular flexibility index (Phi) is 12.3. The monoisotopic (exact) mass is 656 g/mol. The summed E-state index contributed by atoms with van der Waals surface area (Å²) in [4.78, 5) is 24.2. The summed E-state index contributed by atoms with van der Waals surface area (Å²) in [6.07, 6.45) is 7.57. The SMILES string of the molecule is COc1c(C)cnc(CN(CCN(Cc2ncc(C)c(OC)c2C)Cc2ncc(C)c(OC)c2C)Cc2ncc(C)c(OC)c2C)c1C. The van der Waals surface area contributed by atoms with Crippen molar-refractivity contribution < 1.29 is 18.9 Å². The molecule has 0 spiro atoms. The summed E-state index contributed by atoms with van der Waals surface area (Å²) in [6.45, 7) is 20.4. The van der Waals surface area contributed by atoms with Crippen molar-refractivity contribution in [2.45, 2.75) is 81.6 Å². The highest BCUT2D eigenvalue weighted by molar-refractivity contribution is 5.44. The Bertz CT molecular complexity index is 1490. The van der Waals surface area contributed by atoms with E-state index >= 15 is 0 Å². The van der Waals surface area contributed by atoms with Crippen molar-refractivity contribution >= 4 is 0 Å². The van der Waals surface area contributed by atoms with Gasteiger partial charge in [0, 0.05) is 109 Å². The van der Waals surface area contributed by atoms with Gasteiger partial charge < -0.3 is 18.9 Å². The highest BCUT2D eigenvalue weighted by Gasteiger charge is 2.21. The third-order valence-corrected chi connectivity index (χ3v) is 9.23. The minimum absolute atomic E-state index is 0.624. The first-order chi connectivity index (χ1) is 22.9. The zero-order valence-electron chi connectivity index (χ0n) is 30.9. The lowest BCUT2D eigenvalue weighted by Crippen LogP contribution is -2.35. The molecule has 0 amide bonds. The van der Waals surface area contributed by atoms with E-state index in [2.05, 4.69) is 37.5 Å². The second kappa shape index (κ2) is 16.2. The number of hydrogen-bond acceptors (Lipinski definition) is 10. The van der Waals surface area contributed by atoms with Crippen LogP contribution in [0.1, 0.15) is 67.3 Å². The van der Waals surface area contributed by atoms with E-state index in [4.69, 9.17) is 38.9 Å². The summed E-state index contributed by atoms with van der Waals surface area (Å²) < 4.78 is 23.0. The molecule has 48 heavy (non-hydrogen) atoms. The van der Waals surface area contributed by atoms with Gasteiger partial charge >= 0.3 is 0 Å². The van der Waals surface area contributed by atoms with Crippen LogP contribution in [0.4, 0.5) is 0 Å². The number of aryl methyl sites for hydroxylation is 4. The van der Waals surface area contributed by atoms with Crippen LogP contribution in [0.15, 0.2) is 24.8 Å². The molecule has 4 rings (SSSR count). The molecule has 0 fully saturated rings. The van der Waals surface area contributed by atoms with E-state index in [1.165, 1.54) is 0 Å². The number of rotatable bonds is 15. The first kappa shape index (κ1) is 36.6. The fraction of sp³-hybridized carbons (Fsp3) is 0.474. The smallest absolute Gasteiger partial charge is 0.128 e. The lowest BCUT2D eigenvalue weighted by Gasteiger charge is -2.29. The molecule has 0 aliphatic rings. The number of hydrogen-bond donors (Lipinski definition) is 0. The fourth-order valence-corrected chi connectivity index (χ4v) is 6.48. The molecule has 0 radical (unpaired) electrons. The summed E-state index contributed by atoms with van der Waals surface area (Å²) >= 11 is 0. The first-order valence-electron chi connectivity index (χ1n) is 16.3. The molecule has 10 nitrogen and oxygen atoms in total. The van der Waals surface area contributed by atoms with E-state index in [1.807, 2.05) is 52.5 Å². The number of nitrogens with zero attached hydrogens (tertiary/aromatic N) is 6. The van der Waals surface area contributed by atoms with E-state index in [9.17, 15) is 0 Å². The molecule has 0 aromatic carbocycles. The number of ether oxygens (including phenoxy) is 4. The van der Waals surface area contributed by atoms with Gasteiger partial charge in [0.05, 0.1) is 51.2 Å². The zero-order chi connectivity index (χ0) is 35.1. The van der Waals surface area contributed by atoms with Crippen molar-refractivity contribution in [3.05, 3.63) is 92.1 Å². The molecule has 0 bridgehead atoms. The molecule has 258 valence electrons. The summed E-state index contributed by atoms with van der Waals surface area (Å²) in [5.74, 6) is 3.49. The lowest BCUT2D eigenvalue weighted by atomic mass is 10.1. The highest BCUT2D eigenvalue weighted by atomic mass is 16.5. The molecule has 0 saturated heterocycles. The van der Waals surface area contributed by atoms with Crippen molar-refractivity contribution in [3.63, 3.8) is 0 Å². The summed E-state index contributed by atoms with van der Waals surface area (Å²) in [7, 11) is 6.86. The Balaban J connectivity index is 1.72. The van der Waals surface area contributed by atoms with E-state index in [0.717, 1.165) is 103 Å². The first-order valence-corrected chi connectivity index (χ1v) is 16.3. The molecule has 0 aliphatic carbocycles. The molecule has 4 aromatic heterocycles. The molecule has 4 heterocycles. The van der Waals surface area contributed by atoms with Gasteiger partial charge in [0.1, 0.15) is 23.0 Å². The van der Waals surface area contributed by atoms with Gasteiger partial charge in [0.25, 0.3) is 0 Å². The maximum atomic E-state index is 5.76. The molecular weight excluding hydrogens is 604 g/mol. The third-order valence-electron chi connectivity index (χ3n) is 9.23. The average molecular weight is 657 g/mol. The molecule has 0 saturated carbocycles. The third kappa shape index (κ3) is 8.05. The Hall–Kier alpha value is -4.28. The second-order valence-electron chi connectivity index (χ2n) is 12.6. The standard InChI is InChI=1S/C38H52N6O4/c1-23-15-39-31(27(5)35(23)45-9)19-43(20-32-28(6)36(46-10)24(2)16-40-32)13-14-44(21-33-29(7)37(47-11)25(3)17-41-33)22-34-30(8)38(48-12)26(4)18-42-34/h15-18H,13-14,19-22H2,1-12H3. The average Bonchev–Trinajstić information content (AvgIpc) is 3.05. The van der Waals surface area contributed by atoms with Crippen LogP contribution in [-0.4, -0.2) is 71.3 Å². The van der Waals surface area contributed by atoms with Crippen LogP contribution in [0.2, 0.25) is 0 Å².